The molecule has 0 bridgehead atoms. The average Bonchev–Trinajstić information content (AvgIpc) is 3.11. The van der Waals surface area contributed by atoms with Crippen LogP contribution >= 0.6 is 0 Å². The molecule has 4 aromatic carbocycles. The molecule has 0 aromatic heterocycles. The summed E-state index contributed by atoms with van der Waals surface area (Å²) in [4.78, 5) is 13.1. The smallest absolute Gasteiger partial charge is 0.323 e. The van der Waals surface area contributed by atoms with Crippen LogP contribution in [0.2, 0.25) is 0 Å². The Balaban J connectivity index is 1.67. The number of nitrogens with zero attached hydrogens (tertiary/aromatic N) is 1. The molecule has 0 saturated carbocycles. The fourth-order valence-electron chi connectivity index (χ4n) is 5.00. The summed E-state index contributed by atoms with van der Waals surface area (Å²) in [5.74, 6) is 7.83. The quantitative estimate of drug-likeness (QED) is 0.0900. The summed E-state index contributed by atoms with van der Waals surface area (Å²) in [5.41, 5.74) is 7.44. The third-order valence-corrected chi connectivity index (χ3v) is 6.94. The predicted molar refractivity (Wildman–Crippen MR) is 157 cm³/mol. The van der Waals surface area contributed by atoms with E-state index >= 15 is 8.78 Å². The van der Waals surface area contributed by atoms with E-state index in [0.717, 1.165) is 5.56 Å². The van der Waals surface area contributed by atoms with Crippen molar-refractivity contribution in [2.75, 3.05) is 17.2 Å². The van der Waals surface area contributed by atoms with Gasteiger partial charge in [0.2, 0.25) is 0 Å². The molecule has 0 aliphatic carbocycles. The number of hydrogen-bond acceptors (Lipinski definition) is 5. The number of amides is 2. The van der Waals surface area contributed by atoms with Gasteiger partial charge in [-0.05, 0) is 47.9 Å². The minimum absolute atomic E-state index is 0.181. The summed E-state index contributed by atoms with van der Waals surface area (Å²) in [6.07, 6.45) is -0.468. The van der Waals surface area contributed by atoms with Crippen molar-refractivity contribution < 1.29 is 18.3 Å². The van der Waals surface area contributed by atoms with Crippen LogP contribution in [0.3, 0.4) is 0 Å². The number of anilines is 2. The van der Waals surface area contributed by atoms with Gasteiger partial charge in [0.25, 0.3) is 5.92 Å². The maximum absolute atomic E-state index is 15.1. The molecule has 8 nitrogen and oxygen atoms in total. The van der Waals surface area contributed by atoms with Crippen molar-refractivity contribution in [3.63, 3.8) is 0 Å². The molecule has 1 unspecified atom stereocenters. The van der Waals surface area contributed by atoms with Crippen LogP contribution in [-0.4, -0.2) is 24.4 Å². The molecule has 7 N–H and O–H groups in total. The minimum atomic E-state index is -3.11. The van der Waals surface area contributed by atoms with E-state index in [4.69, 9.17) is 16.4 Å². The zero-order valence-electron chi connectivity index (χ0n) is 22.3. The molecule has 10 heteroatoms. The first-order valence-electron chi connectivity index (χ1n) is 13.0. The molecule has 2 amide bonds. The number of aryl methyl sites for hydroxylation is 1. The van der Waals surface area contributed by atoms with Crippen molar-refractivity contribution in [3.05, 3.63) is 113 Å². The Morgan fingerprint density at radius 1 is 0.976 bits per heavy atom. The number of amidine groups is 1. The van der Waals surface area contributed by atoms with E-state index in [1.165, 1.54) is 0 Å². The van der Waals surface area contributed by atoms with Crippen LogP contribution in [0.5, 0.6) is 5.75 Å². The lowest BCUT2D eigenvalue weighted by Crippen LogP contribution is -2.32. The lowest BCUT2D eigenvalue weighted by Gasteiger charge is -2.22. The van der Waals surface area contributed by atoms with E-state index in [0.29, 0.717) is 33.5 Å². The number of ether oxygens (including phenoxy) is 1. The second-order valence-corrected chi connectivity index (χ2v) is 9.87. The van der Waals surface area contributed by atoms with Gasteiger partial charge >= 0.3 is 6.03 Å². The number of rotatable bonds is 5. The Bertz CT molecular complexity index is 1580. The van der Waals surface area contributed by atoms with E-state index in [1.807, 2.05) is 61.5 Å². The summed E-state index contributed by atoms with van der Waals surface area (Å²) < 4.78 is 35.9. The molecule has 1 aliphatic rings. The number of urea groups is 1. The Hall–Kier alpha value is -4.96. The number of halogens is 2. The number of carbonyl (C=O) groups is 1. The van der Waals surface area contributed by atoms with Crippen molar-refractivity contribution >= 4 is 23.2 Å². The van der Waals surface area contributed by atoms with Gasteiger partial charge in [-0.25, -0.2) is 19.4 Å². The zero-order chi connectivity index (χ0) is 29.0. The monoisotopic (exact) mass is 556 g/mol. The number of alkyl halides is 2. The van der Waals surface area contributed by atoms with Gasteiger partial charge in [0, 0.05) is 29.2 Å². The molecule has 0 spiro atoms. The number of carbonyl (C=O) groups excluding carboxylic acids is 1. The number of nitrogens with one attached hydrogen (secondary N) is 3. The Morgan fingerprint density at radius 3 is 2.39 bits per heavy atom. The highest BCUT2D eigenvalue weighted by molar-refractivity contribution is 6.05. The first-order valence-corrected chi connectivity index (χ1v) is 13.0. The van der Waals surface area contributed by atoms with Crippen LogP contribution in [0.15, 0.2) is 96.1 Å². The summed E-state index contributed by atoms with van der Waals surface area (Å²) >= 11 is 0. The van der Waals surface area contributed by atoms with Crippen molar-refractivity contribution in [2.24, 2.45) is 16.8 Å². The summed E-state index contributed by atoms with van der Waals surface area (Å²) in [7, 11) is 0. The lowest BCUT2D eigenvalue weighted by atomic mass is 9.84. The normalized spacial score (nSPS) is 16.1. The van der Waals surface area contributed by atoms with Gasteiger partial charge in [-0.3, -0.25) is 0 Å². The third kappa shape index (κ3) is 6.12. The van der Waals surface area contributed by atoms with Gasteiger partial charge in [-0.15, -0.1) is 0 Å². The SMILES string of the molecule is Cc1ccc(NC(=O)Nc2cc(-c3ccccc3/C(=N/N)NN)cc3c2OCC(F)(F)CC3c2ccccc2)cc1. The van der Waals surface area contributed by atoms with Crippen LogP contribution in [0, 0.1) is 6.92 Å². The molecule has 0 fully saturated rings. The van der Waals surface area contributed by atoms with Gasteiger partial charge in [-0.1, -0.05) is 72.3 Å². The maximum atomic E-state index is 15.1. The van der Waals surface area contributed by atoms with Gasteiger partial charge in [0.05, 0.1) is 5.69 Å². The topological polar surface area (TPSA) is 127 Å². The lowest BCUT2D eigenvalue weighted by molar-refractivity contribution is -0.0448. The number of benzene rings is 4. The molecule has 0 radical (unpaired) electrons. The molecule has 0 saturated heterocycles. The molecular formula is C31H30F2N6O2. The molecule has 4 aromatic rings. The average molecular weight is 557 g/mol. The molecule has 41 heavy (non-hydrogen) atoms. The number of hydrogen-bond donors (Lipinski definition) is 5. The fourth-order valence-corrected chi connectivity index (χ4v) is 5.00. The minimum Gasteiger partial charge on any atom is -0.485 e. The van der Waals surface area contributed by atoms with E-state index in [-0.39, 0.29) is 17.3 Å². The zero-order valence-corrected chi connectivity index (χ0v) is 22.3. The summed E-state index contributed by atoms with van der Waals surface area (Å²) in [6.45, 7) is 1.12. The highest BCUT2D eigenvalue weighted by atomic mass is 19.3. The van der Waals surface area contributed by atoms with Crippen LogP contribution in [0.4, 0.5) is 25.0 Å². The molecule has 1 heterocycles. The Labute approximate surface area is 236 Å². The number of hydrazone groups is 1. The largest absolute Gasteiger partial charge is 0.485 e. The van der Waals surface area contributed by atoms with E-state index in [2.05, 4.69) is 21.2 Å². The van der Waals surface area contributed by atoms with Crippen LogP contribution in [0.1, 0.15) is 34.6 Å². The molecule has 1 atom stereocenters. The molecule has 210 valence electrons. The van der Waals surface area contributed by atoms with Crippen LogP contribution in [-0.2, 0) is 0 Å². The first-order chi connectivity index (χ1) is 19.8. The van der Waals surface area contributed by atoms with Crippen molar-refractivity contribution in [3.8, 4) is 16.9 Å². The van der Waals surface area contributed by atoms with Crippen molar-refractivity contribution in [1.82, 2.24) is 5.43 Å². The third-order valence-electron chi connectivity index (χ3n) is 6.94. The first kappa shape index (κ1) is 27.6. The molecule has 1 aliphatic heterocycles. The van der Waals surface area contributed by atoms with Crippen LogP contribution < -0.4 is 32.5 Å². The van der Waals surface area contributed by atoms with E-state index in [1.54, 1.807) is 36.4 Å². The van der Waals surface area contributed by atoms with Gasteiger partial charge in [-0.2, -0.15) is 5.10 Å². The maximum Gasteiger partial charge on any atom is 0.323 e. The summed E-state index contributed by atoms with van der Waals surface area (Å²) in [6, 6.07) is 26.5. The molecular weight excluding hydrogens is 526 g/mol. The van der Waals surface area contributed by atoms with Gasteiger partial charge in [0.15, 0.2) is 12.4 Å². The predicted octanol–water partition coefficient (Wildman–Crippen LogP) is 5.94. The number of hydrazine groups is 1. The van der Waals surface area contributed by atoms with Crippen molar-refractivity contribution in [1.29, 1.82) is 0 Å². The highest BCUT2D eigenvalue weighted by Gasteiger charge is 2.40. The summed E-state index contributed by atoms with van der Waals surface area (Å²) in [5, 5.41) is 9.37. The standard InChI is InChI=1S/C31H30F2N6O2/c1-19-11-13-22(14-12-19)36-30(40)37-27-16-21(23-9-5-6-10-24(23)29(38-34)39-35)15-25-26(20-7-3-2-4-8-20)17-31(32,33)18-41-28(25)27/h2-16,26H,17-18,34-35H2,1H3,(H,38,39)(H2,36,37,40). The van der Waals surface area contributed by atoms with Crippen LogP contribution in [0.25, 0.3) is 11.1 Å². The second-order valence-electron chi connectivity index (χ2n) is 9.87. The van der Waals surface area contributed by atoms with Crippen molar-refractivity contribution in [2.45, 2.75) is 25.2 Å². The molecule has 5 rings (SSSR count). The Morgan fingerprint density at radius 2 is 1.68 bits per heavy atom. The highest BCUT2D eigenvalue weighted by Crippen LogP contribution is 2.47. The Kier molecular flexibility index (Phi) is 7.84. The van der Waals surface area contributed by atoms with Gasteiger partial charge in [0.1, 0.15) is 5.75 Å². The fraction of sp³-hybridized carbons (Fsp3) is 0.161. The second kappa shape index (κ2) is 11.6. The van der Waals surface area contributed by atoms with E-state index in [9.17, 15) is 4.79 Å². The van der Waals surface area contributed by atoms with E-state index < -0.39 is 30.9 Å². The van der Waals surface area contributed by atoms with Gasteiger partial charge < -0.3 is 26.6 Å². The number of fused-ring (bicyclic) bond motifs is 1. The number of nitrogens with two attached hydrogens (primary N) is 2.